The number of rotatable bonds is 8. The number of halogens is 1. The number of carbonyl (C=O) groups excluding carboxylic acids is 3. The molecule has 3 amide bonds. The van der Waals surface area contributed by atoms with Gasteiger partial charge in [0, 0.05) is 0 Å². The molecular formula is C20H17BrN2O5S. The third kappa shape index (κ3) is 5.61. The van der Waals surface area contributed by atoms with Gasteiger partial charge in [-0.2, -0.15) is 0 Å². The third-order valence-electron chi connectivity index (χ3n) is 3.82. The number of primary amides is 1. The Bertz CT molecular complexity index is 965. The molecule has 9 heteroatoms. The number of nitrogens with zero attached hydrogens (tertiary/aromatic N) is 1. The standard InChI is InChI=1S/C20H17BrN2O5S/c21-15-10-13(6-7-16(15)28-12-18(22)24)11-17-19(25)23(20(26)29-17)8-9-27-14-4-2-1-3-5-14/h1-7,10-11H,8-9,12H2,(H2,22,24)/b17-11-. The molecule has 1 aliphatic heterocycles. The van der Waals surface area contributed by atoms with Crippen LogP contribution in [0.5, 0.6) is 11.5 Å². The van der Waals surface area contributed by atoms with E-state index >= 15 is 0 Å². The molecule has 0 spiro atoms. The quantitative estimate of drug-likeness (QED) is 0.585. The summed E-state index contributed by atoms with van der Waals surface area (Å²) in [6.45, 7) is 0.148. The van der Waals surface area contributed by atoms with Crippen molar-refractivity contribution >= 4 is 50.8 Å². The molecule has 2 N–H and O–H groups in total. The van der Waals surface area contributed by atoms with Gasteiger partial charge in [0.05, 0.1) is 15.9 Å². The maximum atomic E-state index is 12.6. The average Bonchev–Trinajstić information content (AvgIpc) is 2.95. The summed E-state index contributed by atoms with van der Waals surface area (Å²) in [6.07, 6.45) is 1.63. The maximum Gasteiger partial charge on any atom is 0.293 e. The van der Waals surface area contributed by atoms with Gasteiger partial charge >= 0.3 is 0 Å². The number of ether oxygens (including phenoxy) is 2. The van der Waals surface area contributed by atoms with Crippen molar-refractivity contribution in [1.29, 1.82) is 0 Å². The Labute approximate surface area is 180 Å². The highest BCUT2D eigenvalue weighted by Gasteiger charge is 2.34. The van der Waals surface area contributed by atoms with Gasteiger partial charge in [-0.25, -0.2) is 0 Å². The van der Waals surface area contributed by atoms with E-state index in [4.69, 9.17) is 15.2 Å². The predicted octanol–water partition coefficient (Wildman–Crippen LogP) is 3.43. The average molecular weight is 477 g/mol. The van der Waals surface area contributed by atoms with E-state index in [1.165, 1.54) is 4.90 Å². The van der Waals surface area contributed by atoms with Gasteiger partial charge in [-0.15, -0.1) is 0 Å². The molecule has 3 rings (SSSR count). The van der Waals surface area contributed by atoms with Crippen molar-refractivity contribution in [3.8, 4) is 11.5 Å². The summed E-state index contributed by atoms with van der Waals surface area (Å²) in [6, 6.07) is 14.3. The first-order valence-electron chi connectivity index (χ1n) is 8.58. The number of carbonyl (C=O) groups is 3. The molecular weight excluding hydrogens is 460 g/mol. The molecule has 1 heterocycles. The van der Waals surface area contributed by atoms with Crippen LogP contribution in [-0.2, 0) is 9.59 Å². The van der Waals surface area contributed by atoms with Crippen LogP contribution < -0.4 is 15.2 Å². The van der Waals surface area contributed by atoms with Crippen molar-refractivity contribution in [2.75, 3.05) is 19.8 Å². The van der Waals surface area contributed by atoms with E-state index in [-0.39, 0.29) is 30.9 Å². The first kappa shape index (κ1) is 20.9. The summed E-state index contributed by atoms with van der Waals surface area (Å²) >= 11 is 4.23. The third-order valence-corrected chi connectivity index (χ3v) is 5.35. The molecule has 2 aromatic rings. The summed E-state index contributed by atoms with van der Waals surface area (Å²) in [5.41, 5.74) is 5.77. The largest absolute Gasteiger partial charge is 0.492 e. The predicted molar refractivity (Wildman–Crippen MR) is 113 cm³/mol. The van der Waals surface area contributed by atoms with Crippen molar-refractivity contribution in [3.63, 3.8) is 0 Å². The fourth-order valence-corrected chi connectivity index (χ4v) is 3.86. The normalized spacial score (nSPS) is 15.1. The van der Waals surface area contributed by atoms with Crippen molar-refractivity contribution < 1.29 is 23.9 Å². The highest BCUT2D eigenvalue weighted by atomic mass is 79.9. The molecule has 0 bridgehead atoms. The zero-order valence-electron chi connectivity index (χ0n) is 15.2. The van der Waals surface area contributed by atoms with Crippen LogP contribution in [0.15, 0.2) is 57.9 Å². The second-order valence-corrected chi connectivity index (χ2v) is 7.79. The van der Waals surface area contributed by atoms with Gasteiger partial charge in [0.25, 0.3) is 17.1 Å². The minimum atomic E-state index is -0.578. The lowest BCUT2D eigenvalue weighted by Gasteiger charge is -2.13. The Morgan fingerprint density at radius 2 is 1.90 bits per heavy atom. The lowest BCUT2D eigenvalue weighted by molar-refractivity contribution is -0.123. The number of imide groups is 1. The molecule has 150 valence electrons. The van der Waals surface area contributed by atoms with E-state index in [9.17, 15) is 14.4 Å². The number of amides is 3. The van der Waals surface area contributed by atoms with Gasteiger partial charge in [0.15, 0.2) is 6.61 Å². The SMILES string of the molecule is NC(=O)COc1ccc(/C=C2\SC(=O)N(CCOc3ccccc3)C2=O)cc1Br. The Morgan fingerprint density at radius 1 is 1.14 bits per heavy atom. The number of hydrogen-bond acceptors (Lipinski definition) is 6. The Kier molecular flexibility index (Phi) is 6.95. The molecule has 0 aliphatic carbocycles. The topological polar surface area (TPSA) is 98.9 Å². The summed E-state index contributed by atoms with van der Waals surface area (Å²) in [5.74, 6) is 0.193. The lowest BCUT2D eigenvalue weighted by Crippen LogP contribution is -2.32. The minimum Gasteiger partial charge on any atom is -0.492 e. The van der Waals surface area contributed by atoms with E-state index in [2.05, 4.69) is 15.9 Å². The zero-order valence-corrected chi connectivity index (χ0v) is 17.6. The van der Waals surface area contributed by atoms with E-state index in [0.29, 0.717) is 26.4 Å². The molecule has 29 heavy (non-hydrogen) atoms. The van der Waals surface area contributed by atoms with Crippen LogP contribution in [0.2, 0.25) is 0 Å². The van der Waals surface area contributed by atoms with E-state index in [0.717, 1.165) is 11.8 Å². The van der Waals surface area contributed by atoms with Gasteiger partial charge in [0.1, 0.15) is 18.1 Å². The first-order chi connectivity index (χ1) is 13.9. The molecule has 0 aromatic heterocycles. The van der Waals surface area contributed by atoms with Crippen LogP contribution in [0.4, 0.5) is 4.79 Å². The van der Waals surface area contributed by atoms with Crippen LogP contribution in [0.25, 0.3) is 6.08 Å². The van der Waals surface area contributed by atoms with Crippen LogP contribution in [-0.4, -0.2) is 41.7 Å². The number of benzene rings is 2. The number of thioether (sulfide) groups is 1. The number of para-hydroxylation sites is 1. The zero-order chi connectivity index (χ0) is 20.8. The summed E-state index contributed by atoms with van der Waals surface area (Å²) < 4.78 is 11.4. The smallest absolute Gasteiger partial charge is 0.293 e. The fraction of sp³-hybridized carbons (Fsp3) is 0.150. The monoisotopic (exact) mass is 476 g/mol. The van der Waals surface area contributed by atoms with E-state index in [1.54, 1.807) is 24.3 Å². The van der Waals surface area contributed by atoms with Gasteiger partial charge in [-0.3, -0.25) is 19.3 Å². The molecule has 0 atom stereocenters. The lowest BCUT2D eigenvalue weighted by atomic mass is 10.2. The fourth-order valence-electron chi connectivity index (χ4n) is 2.49. The van der Waals surface area contributed by atoms with E-state index in [1.807, 2.05) is 30.3 Å². The van der Waals surface area contributed by atoms with Crippen molar-refractivity contribution in [1.82, 2.24) is 4.90 Å². The summed E-state index contributed by atoms with van der Waals surface area (Å²) in [5, 5.41) is -0.335. The second-order valence-electron chi connectivity index (χ2n) is 5.94. The number of hydrogen-bond donors (Lipinski definition) is 1. The van der Waals surface area contributed by atoms with E-state index < -0.39 is 5.91 Å². The Balaban J connectivity index is 1.63. The van der Waals surface area contributed by atoms with Gasteiger partial charge in [-0.05, 0) is 63.6 Å². The Hall–Kier alpha value is -2.78. The number of nitrogens with two attached hydrogens (primary N) is 1. The second kappa shape index (κ2) is 9.62. The van der Waals surface area contributed by atoms with Crippen molar-refractivity contribution in [3.05, 3.63) is 63.5 Å². The molecule has 1 saturated heterocycles. The molecule has 0 saturated carbocycles. The van der Waals surface area contributed by atoms with Crippen LogP contribution >= 0.6 is 27.7 Å². The molecule has 0 unspecified atom stereocenters. The highest BCUT2D eigenvalue weighted by molar-refractivity contribution is 9.10. The molecule has 0 radical (unpaired) electrons. The molecule has 1 fully saturated rings. The van der Waals surface area contributed by atoms with Gasteiger partial charge in [0.2, 0.25) is 0 Å². The molecule has 2 aromatic carbocycles. The van der Waals surface area contributed by atoms with Crippen LogP contribution in [0.1, 0.15) is 5.56 Å². The van der Waals surface area contributed by atoms with Gasteiger partial charge in [-0.1, -0.05) is 24.3 Å². The van der Waals surface area contributed by atoms with Crippen molar-refractivity contribution in [2.45, 2.75) is 0 Å². The summed E-state index contributed by atoms with van der Waals surface area (Å²) in [4.78, 5) is 37.1. The summed E-state index contributed by atoms with van der Waals surface area (Å²) in [7, 11) is 0. The highest BCUT2D eigenvalue weighted by Crippen LogP contribution is 2.33. The minimum absolute atomic E-state index is 0.167. The maximum absolute atomic E-state index is 12.6. The van der Waals surface area contributed by atoms with Crippen molar-refractivity contribution in [2.24, 2.45) is 5.73 Å². The van der Waals surface area contributed by atoms with Gasteiger partial charge < -0.3 is 15.2 Å². The van der Waals surface area contributed by atoms with Crippen LogP contribution in [0.3, 0.4) is 0 Å². The first-order valence-corrected chi connectivity index (χ1v) is 10.2. The Morgan fingerprint density at radius 3 is 2.59 bits per heavy atom. The molecule has 1 aliphatic rings. The van der Waals surface area contributed by atoms with Crippen LogP contribution in [0, 0.1) is 0 Å². The molecule has 7 nitrogen and oxygen atoms in total.